The van der Waals surface area contributed by atoms with Gasteiger partial charge in [-0.3, -0.25) is 4.99 Å². The molecule has 0 radical (unpaired) electrons. The van der Waals surface area contributed by atoms with E-state index in [1.807, 2.05) is 41.5 Å². The van der Waals surface area contributed by atoms with Crippen LogP contribution in [0.15, 0.2) is 28.3 Å². The van der Waals surface area contributed by atoms with Gasteiger partial charge in [-0.2, -0.15) is 0 Å². The maximum absolute atomic E-state index is 11.8. The summed E-state index contributed by atoms with van der Waals surface area (Å²) in [6, 6.07) is 0. The van der Waals surface area contributed by atoms with Crippen LogP contribution in [0.3, 0.4) is 0 Å². The van der Waals surface area contributed by atoms with Crippen LogP contribution in [-0.4, -0.2) is 35.4 Å². The maximum Gasteiger partial charge on any atom is 0.354 e. The Hall–Kier alpha value is -1.91. The third-order valence-corrected chi connectivity index (χ3v) is 3.41. The minimum absolute atomic E-state index is 0.0337. The molecule has 0 amide bonds. The lowest BCUT2D eigenvalue weighted by Crippen LogP contribution is -2.22. The molecule has 0 aromatic rings. The number of allylic oxidation sites excluding steroid dienone is 2. The standard InChI is InChI=1S/C18H29NO4/c1-8-13(10-11-15(20)23-18(4,5)6)12(3)14(9-2)16(19-7)17(21)22/h10-11,13H,8-9H2,1-7H3,(H,21,22)/b11-10+,14-12+,19-16?. The first-order chi connectivity index (χ1) is 10.6. The van der Waals surface area contributed by atoms with Gasteiger partial charge in [0.15, 0.2) is 0 Å². The second kappa shape index (κ2) is 9.28. The number of aliphatic imine (C=N–C) groups is 1. The number of carbonyl (C=O) groups excluding carboxylic acids is 1. The first-order valence-corrected chi connectivity index (χ1v) is 7.88. The average Bonchev–Trinajstić information content (AvgIpc) is 2.42. The van der Waals surface area contributed by atoms with E-state index in [-0.39, 0.29) is 11.6 Å². The molecule has 0 heterocycles. The minimum atomic E-state index is -1.03. The smallest absolute Gasteiger partial charge is 0.354 e. The summed E-state index contributed by atoms with van der Waals surface area (Å²) in [4.78, 5) is 27.0. The van der Waals surface area contributed by atoms with Gasteiger partial charge in [-0.1, -0.05) is 25.5 Å². The molecule has 0 aliphatic carbocycles. The Morgan fingerprint density at radius 1 is 1.26 bits per heavy atom. The molecular weight excluding hydrogens is 294 g/mol. The van der Waals surface area contributed by atoms with Gasteiger partial charge in [0.1, 0.15) is 11.3 Å². The van der Waals surface area contributed by atoms with Crippen molar-refractivity contribution < 1.29 is 19.4 Å². The van der Waals surface area contributed by atoms with Crippen molar-refractivity contribution >= 4 is 17.7 Å². The SMILES string of the molecule is CC/C(C(=NC)C(=O)O)=C(/C)C(/C=C/C(=O)OC(C)(C)C)CC. The highest BCUT2D eigenvalue weighted by molar-refractivity contribution is 6.42. The molecule has 0 saturated heterocycles. The van der Waals surface area contributed by atoms with Gasteiger partial charge < -0.3 is 9.84 Å². The number of hydrogen-bond acceptors (Lipinski definition) is 4. The molecule has 1 atom stereocenters. The van der Waals surface area contributed by atoms with E-state index in [1.54, 1.807) is 6.08 Å². The van der Waals surface area contributed by atoms with Crippen LogP contribution in [0.25, 0.3) is 0 Å². The monoisotopic (exact) mass is 323 g/mol. The van der Waals surface area contributed by atoms with Crippen LogP contribution in [0, 0.1) is 5.92 Å². The molecule has 0 aromatic heterocycles. The fraction of sp³-hybridized carbons (Fsp3) is 0.611. The highest BCUT2D eigenvalue weighted by Crippen LogP contribution is 2.23. The van der Waals surface area contributed by atoms with Crippen LogP contribution >= 0.6 is 0 Å². The van der Waals surface area contributed by atoms with Crippen LogP contribution in [0.1, 0.15) is 54.4 Å². The van der Waals surface area contributed by atoms with Gasteiger partial charge in [-0.15, -0.1) is 0 Å². The summed E-state index contributed by atoms with van der Waals surface area (Å²) in [5, 5.41) is 9.27. The summed E-state index contributed by atoms with van der Waals surface area (Å²) >= 11 is 0. The van der Waals surface area contributed by atoms with Crippen molar-refractivity contribution in [2.24, 2.45) is 10.9 Å². The number of carboxylic acids is 1. The number of rotatable bonds is 7. The molecule has 0 fully saturated rings. The lowest BCUT2D eigenvalue weighted by atomic mass is 9.89. The van der Waals surface area contributed by atoms with E-state index < -0.39 is 17.5 Å². The summed E-state index contributed by atoms with van der Waals surface area (Å²) in [5.41, 5.74) is 1.17. The van der Waals surface area contributed by atoms with Gasteiger partial charge in [0.2, 0.25) is 0 Å². The number of hydrogen-bond donors (Lipinski definition) is 1. The summed E-state index contributed by atoms with van der Waals surface area (Å²) < 4.78 is 5.25. The molecule has 0 saturated carbocycles. The van der Waals surface area contributed by atoms with E-state index >= 15 is 0 Å². The van der Waals surface area contributed by atoms with Crippen LogP contribution in [0.2, 0.25) is 0 Å². The average molecular weight is 323 g/mol. The first kappa shape index (κ1) is 21.1. The molecule has 5 nitrogen and oxygen atoms in total. The molecule has 0 bridgehead atoms. The molecule has 0 rings (SSSR count). The minimum Gasteiger partial charge on any atom is -0.477 e. The number of esters is 1. The van der Waals surface area contributed by atoms with Crippen LogP contribution < -0.4 is 0 Å². The molecule has 23 heavy (non-hydrogen) atoms. The van der Waals surface area contributed by atoms with Crippen LogP contribution in [0.5, 0.6) is 0 Å². The summed E-state index contributed by atoms with van der Waals surface area (Å²) in [6.45, 7) is 11.2. The molecule has 1 N–H and O–H groups in total. The zero-order valence-corrected chi connectivity index (χ0v) is 15.3. The molecule has 5 heteroatoms. The Balaban J connectivity index is 5.46. The lowest BCUT2D eigenvalue weighted by Gasteiger charge is -2.19. The van der Waals surface area contributed by atoms with Crippen LogP contribution in [-0.2, 0) is 14.3 Å². The van der Waals surface area contributed by atoms with E-state index in [1.165, 1.54) is 13.1 Å². The van der Waals surface area contributed by atoms with Gasteiger partial charge in [0, 0.05) is 13.1 Å². The van der Waals surface area contributed by atoms with Crippen molar-refractivity contribution in [3.05, 3.63) is 23.3 Å². The number of aliphatic carboxylic acids is 1. The van der Waals surface area contributed by atoms with Gasteiger partial charge in [-0.05, 0) is 52.0 Å². The number of ether oxygens (including phenoxy) is 1. The highest BCUT2D eigenvalue weighted by Gasteiger charge is 2.19. The molecule has 1 unspecified atom stereocenters. The summed E-state index contributed by atoms with van der Waals surface area (Å²) in [5.74, 6) is -1.47. The Kier molecular flexibility index (Phi) is 8.51. The fourth-order valence-corrected chi connectivity index (χ4v) is 2.33. The highest BCUT2D eigenvalue weighted by atomic mass is 16.6. The zero-order chi connectivity index (χ0) is 18.2. The quantitative estimate of drug-likeness (QED) is 0.439. The molecular formula is C18H29NO4. The summed E-state index contributed by atoms with van der Waals surface area (Å²) in [6.07, 6.45) is 4.51. The van der Waals surface area contributed by atoms with Crippen molar-refractivity contribution in [2.45, 2.75) is 60.0 Å². The molecule has 0 aliphatic heterocycles. The predicted octanol–water partition coefficient (Wildman–Crippen LogP) is 3.79. The van der Waals surface area contributed by atoms with Gasteiger partial charge in [0.25, 0.3) is 0 Å². The Morgan fingerprint density at radius 2 is 1.83 bits per heavy atom. The molecule has 0 aromatic carbocycles. The Bertz CT molecular complexity index is 522. The first-order valence-electron chi connectivity index (χ1n) is 7.88. The van der Waals surface area contributed by atoms with E-state index in [0.29, 0.717) is 12.0 Å². The predicted molar refractivity (Wildman–Crippen MR) is 92.8 cm³/mol. The van der Waals surface area contributed by atoms with Gasteiger partial charge in [0.05, 0.1) is 0 Å². The Labute approximate surface area is 139 Å². The van der Waals surface area contributed by atoms with E-state index in [0.717, 1.165) is 12.0 Å². The molecule has 0 aliphatic rings. The third-order valence-electron chi connectivity index (χ3n) is 3.41. The largest absolute Gasteiger partial charge is 0.477 e. The van der Waals surface area contributed by atoms with E-state index in [4.69, 9.17) is 4.74 Å². The normalized spacial score (nSPS) is 15.3. The van der Waals surface area contributed by atoms with Gasteiger partial charge in [-0.25, -0.2) is 9.59 Å². The van der Waals surface area contributed by atoms with Gasteiger partial charge >= 0.3 is 11.9 Å². The molecule has 130 valence electrons. The van der Waals surface area contributed by atoms with Crippen molar-refractivity contribution in [1.82, 2.24) is 0 Å². The third kappa shape index (κ3) is 7.26. The van der Waals surface area contributed by atoms with Crippen molar-refractivity contribution in [1.29, 1.82) is 0 Å². The number of nitrogens with zero attached hydrogens (tertiary/aromatic N) is 1. The maximum atomic E-state index is 11.8. The van der Waals surface area contributed by atoms with E-state index in [2.05, 4.69) is 4.99 Å². The van der Waals surface area contributed by atoms with Crippen molar-refractivity contribution in [3.63, 3.8) is 0 Å². The Morgan fingerprint density at radius 3 is 2.17 bits per heavy atom. The second-order valence-electron chi connectivity index (χ2n) is 6.30. The van der Waals surface area contributed by atoms with Crippen molar-refractivity contribution in [3.8, 4) is 0 Å². The summed E-state index contributed by atoms with van der Waals surface area (Å²) in [7, 11) is 1.48. The number of carboxylic acid groups (broad SMARTS) is 1. The van der Waals surface area contributed by atoms with E-state index in [9.17, 15) is 14.7 Å². The van der Waals surface area contributed by atoms with Crippen molar-refractivity contribution in [2.75, 3.05) is 7.05 Å². The molecule has 0 spiro atoms. The fourth-order valence-electron chi connectivity index (χ4n) is 2.33. The number of carbonyl (C=O) groups is 2. The lowest BCUT2D eigenvalue weighted by molar-refractivity contribution is -0.148. The van der Waals surface area contributed by atoms with Crippen LogP contribution in [0.4, 0.5) is 0 Å². The second-order valence-corrected chi connectivity index (χ2v) is 6.30. The zero-order valence-electron chi connectivity index (χ0n) is 15.3. The topological polar surface area (TPSA) is 76.0 Å².